The van der Waals surface area contributed by atoms with Crippen molar-refractivity contribution in [2.75, 3.05) is 47.4 Å². The predicted molar refractivity (Wildman–Crippen MR) is 165 cm³/mol. The standard InChI is InChI=1S/C25H27Cl2N3O10S3/c26-10-12-29(13-11-27)19-4-6-20(7-5-19)40-43(37,38)23(22-8-14-41-25(22)30(33)34)9-15-42(35,36)39-21-3-1-2-18(16-21)28-24(32)17-31/h1-8,14,16,23,31H,9-13,15,17H2,(H,28,32). The fraction of sp³-hybridized carbons (Fsp3) is 0.320. The fourth-order valence-electron chi connectivity index (χ4n) is 3.90. The lowest BCUT2D eigenvalue weighted by Gasteiger charge is -2.23. The number of hydrogen-bond acceptors (Lipinski definition) is 12. The Morgan fingerprint density at radius 3 is 2.30 bits per heavy atom. The minimum Gasteiger partial charge on any atom is -0.387 e. The van der Waals surface area contributed by atoms with Gasteiger partial charge in [-0.2, -0.15) is 16.8 Å². The van der Waals surface area contributed by atoms with Crippen molar-refractivity contribution in [2.24, 2.45) is 0 Å². The number of carbonyl (C=O) groups is 1. The molecule has 3 aromatic rings. The number of carbonyl (C=O) groups excluding carboxylic acids is 1. The molecule has 0 bridgehead atoms. The maximum Gasteiger partial charge on any atom is 0.328 e. The van der Waals surface area contributed by atoms with E-state index in [9.17, 15) is 31.7 Å². The van der Waals surface area contributed by atoms with Gasteiger partial charge in [0.15, 0.2) is 0 Å². The van der Waals surface area contributed by atoms with Crippen molar-refractivity contribution in [1.82, 2.24) is 0 Å². The third-order valence-corrected chi connectivity index (χ3v) is 9.78. The third-order valence-electron chi connectivity index (χ3n) is 5.77. The van der Waals surface area contributed by atoms with Crippen LogP contribution < -0.4 is 18.6 Å². The molecule has 18 heteroatoms. The van der Waals surface area contributed by atoms with Gasteiger partial charge in [0.25, 0.3) is 0 Å². The van der Waals surface area contributed by atoms with Crippen LogP contribution in [-0.2, 0) is 25.0 Å². The van der Waals surface area contributed by atoms with Crippen molar-refractivity contribution in [3.05, 3.63) is 75.7 Å². The number of alkyl halides is 2. The van der Waals surface area contributed by atoms with Crippen molar-refractivity contribution < 1.29 is 40.0 Å². The predicted octanol–water partition coefficient (Wildman–Crippen LogP) is 4.12. The maximum atomic E-state index is 13.5. The quantitative estimate of drug-likeness (QED) is 0.0897. The average Bonchev–Trinajstić information content (AvgIpc) is 3.43. The Labute approximate surface area is 262 Å². The first-order valence-corrected chi connectivity index (χ1v) is 17.4. The van der Waals surface area contributed by atoms with Gasteiger partial charge in [0.2, 0.25) is 5.91 Å². The molecule has 1 atom stereocenters. The minimum atomic E-state index is -4.67. The summed E-state index contributed by atoms with van der Waals surface area (Å²) in [5.41, 5.74) is 0.624. The Bertz CT molecular complexity index is 1610. The van der Waals surface area contributed by atoms with Crippen LogP contribution in [0.1, 0.15) is 17.2 Å². The molecule has 43 heavy (non-hydrogen) atoms. The highest BCUT2D eigenvalue weighted by Gasteiger charge is 2.37. The van der Waals surface area contributed by atoms with Crippen molar-refractivity contribution in [3.8, 4) is 11.5 Å². The maximum absolute atomic E-state index is 13.5. The van der Waals surface area contributed by atoms with E-state index in [2.05, 4.69) is 5.32 Å². The van der Waals surface area contributed by atoms with Crippen LogP contribution in [0, 0.1) is 10.1 Å². The average molecular weight is 697 g/mol. The normalized spacial score (nSPS) is 12.3. The van der Waals surface area contributed by atoms with Crippen molar-refractivity contribution >= 4 is 77.1 Å². The number of hydrogen-bond donors (Lipinski definition) is 2. The number of rotatable bonds is 17. The van der Waals surface area contributed by atoms with Gasteiger partial charge >= 0.3 is 25.2 Å². The number of anilines is 2. The molecule has 1 heterocycles. The lowest BCUT2D eigenvalue weighted by molar-refractivity contribution is -0.380. The van der Waals surface area contributed by atoms with Crippen LogP contribution in [0.2, 0.25) is 0 Å². The van der Waals surface area contributed by atoms with E-state index in [0.717, 1.165) is 0 Å². The Balaban J connectivity index is 1.84. The number of benzene rings is 2. The zero-order chi connectivity index (χ0) is 31.6. The molecule has 3 rings (SSSR count). The molecule has 0 aliphatic heterocycles. The Hall–Kier alpha value is -3.15. The molecule has 234 valence electrons. The molecule has 0 aliphatic carbocycles. The second kappa shape index (κ2) is 15.5. The highest BCUT2D eigenvalue weighted by Crippen LogP contribution is 2.38. The van der Waals surface area contributed by atoms with E-state index < -0.39 is 60.1 Å². The number of nitrogens with zero attached hydrogens (tertiary/aromatic N) is 2. The summed E-state index contributed by atoms with van der Waals surface area (Å²) in [6, 6.07) is 12.5. The Morgan fingerprint density at radius 1 is 1.02 bits per heavy atom. The summed E-state index contributed by atoms with van der Waals surface area (Å²) in [6.45, 7) is 0.199. The summed E-state index contributed by atoms with van der Waals surface area (Å²) < 4.78 is 63.0. The molecular formula is C25H27Cl2N3O10S3. The third kappa shape index (κ3) is 9.94. The summed E-state index contributed by atoms with van der Waals surface area (Å²) in [6.07, 6.45) is -0.638. The van der Waals surface area contributed by atoms with Gasteiger partial charge in [0, 0.05) is 42.3 Å². The molecule has 2 aromatic carbocycles. The molecule has 0 fully saturated rings. The molecule has 1 aromatic heterocycles. The first-order chi connectivity index (χ1) is 20.4. The van der Waals surface area contributed by atoms with Crippen LogP contribution in [-0.4, -0.2) is 70.0 Å². The Kier molecular flexibility index (Phi) is 12.4. The highest BCUT2D eigenvalue weighted by molar-refractivity contribution is 7.88. The molecule has 0 saturated carbocycles. The van der Waals surface area contributed by atoms with Gasteiger partial charge in [-0.1, -0.05) is 17.4 Å². The van der Waals surface area contributed by atoms with E-state index >= 15 is 0 Å². The van der Waals surface area contributed by atoms with Gasteiger partial charge in [-0.25, -0.2) is 0 Å². The number of thiophene rings is 1. The van der Waals surface area contributed by atoms with E-state index in [1.165, 1.54) is 47.8 Å². The van der Waals surface area contributed by atoms with Gasteiger partial charge in [0.1, 0.15) is 23.4 Å². The van der Waals surface area contributed by atoms with E-state index in [1.54, 1.807) is 12.1 Å². The highest BCUT2D eigenvalue weighted by atomic mass is 35.5. The van der Waals surface area contributed by atoms with Gasteiger partial charge in [-0.3, -0.25) is 14.9 Å². The van der Waals surface area contributed by atoms with Gasteiger partial charge in [0.05, 0.1) is 16.2 Å². The van der Waals surface area contributed by atoms with Crippen LogP contribution in [0.5, 0.6) is 11.5 Å². The topological polar surface area (TPSA) is 182 Å². The molecule has 1 amide bonds. The zero-order valence-electron chi connectivity index (χ0n) is 22.3. The summed E-state index contributed by atoms with van der Waals surface area (Å²) in [5, 5.41) is 21.9. The summed E-state index contributed by atoms with van der Waals surface area (Å²) >= 11 is 12.4. The lowest BCUT2D eigenvalue weighted by Crippen LogP contribution is -2.27. The number of aliphatic hydroxyl groups is 1. The molecule has 0 spiro atoms. The smallest absolute Gasteiger partial charge is 0.328 e. The van der Waals surface area contributed by atoms with Crippen molar-refractivity contribution in [3.63, 3.8) is 0 Å². The van der Waals surface area contributed by atoms with E-state index in [0.29, 0.717) is 41.9 Å². The molecule has 13 nitrogen and oxygen atoms in total. The van der Waals surface area contributed by atoms with Gasteiger partial charge in [-0.15, -0.1) is 23.2 Å². The number of nitro groups is 1. The summed E-state index contributed by atoms with van der Waals surface area (Å²) in [7, 11) is -9.11. The summed E-state index contributed by atoms with van der Waals surface area (Å²) in [5.74, 6) is -1.20. The molecular weight excluding hydrogens is 669 g/mol. The zero-order valence-corrected chi connectivity index (χ0v) is 26.3. The van der Waals surface area contributed by atoms with Crippen LogP contribution >= 0.6 is 34.5 Å². The lowest BCUT2D eigenvalue weighted by atomic mass is 10.2. The van der Waals surface area contributed by atoms with Crippen LogP contribution in [0.4, 0.5) is 16.4 Å². The largest absolute Gasteiger partial charge is 0.387 e. The Morgan fingerprint density at radius 2 is 1.70 bits per heavy atom. The number of amides is 1. The number of halogens is 2. The molecule has 0 radical (unpaired) electrons. The molecule has 1 unspecified atom stereocenters. The fourth-order valence-corrected chi connectivity index (χ4v) is 7.72. The van der Waals surface area contributed by atoms with Crippen molar-refractivity contribution in [2.45, 2.75) is 11.7 Å². The monoisotopic (exact) mass is 695 g/mol. The first-order valence-electron chi connectivity index (χ1n) is 12.4. The van der Waals surface area contributed by atoms with Gasteiger partial charge < -0.3 is 23.7 Å². The number of aliphatic hydroxyl groups excluding tert-OH is 1. The van der Waals surface area contributed by atoms with Crippen LogP contribution in [0.3, 0.4) is 0 Å². The van der Waals surface area contributed by atoms with Crippen LogP contribution in [0.25, 0.3) is 0 Å². The molecule has 0 saturated heterocycles. The first kappa shape index (κ1) is 34.3. The van der Waals surface area contributed by atoms with E-state index in [4.69, 9.17) is 36.7 Å². The molecule has 0 aliphatic rings. The SMILES string of the molecule is O=C(CO)Nc1cccc(OS(=O)(=O)CCC(c2ccsc2[N+](=O)[O-])S(=O)(=O)Oc2ccc(N(CCCl)CCCl)cc2)c1. The minimum absolute atomic E-state index is 0.0934. The number of nitrogens with one attached hydrogen (secondary N) is 1. The second-order valence-corrected chi connectivity index (χ2v) is 13.8. The molecule has 2 N–H and O–H groups in total. The van der Waals surface area contributed by atoms with E-state index in [-0.39, 0.29) is 22.7 Å². The van der Waals surface area contributed by atoms with Crippen LogP contribution in [0.15, 0.2) is 60.0 Å². The van der Waals surface area contributed by atoms with Crippen molar-refractivity contribution in [1.29, 1.82) is 0 Å². The van der Waals surface area contributed by atoms with E-state index in [1.807, 2.05) is 4.90 Å². The second-order valence-electron chi connectivity index (χ2n) is 8.73. The summed E-state index contributed by atoms with van der Waals surface area (Å²) in [4.78, 5) is 24.2. The van der Waals surface area contributed by atoms with Gasteiger partial charge in [-0.05, 0) is 54.3 Å².